The van der Waals surface area contributed by atoms with E-state index in [4.69, 9.17) is 14.2 Å². The molecule has 202 valence electrons. The number of carbonyl (C=O) groups excluding carboxylic acids is 2. The number of rotatable bonds is 14. The number of Topliss-reactive ketones (excluding diaryl/α,β-unsaturated/α-hetero) is 1. The fourth-order valence-electron chi connectivity index (χ4n) is 3.79. The van der Waals surface area contributed by atoms with Crippen LogP contribution in [0.4, 0.5) is 4.39 Å². The molecule has 0 heterocycles. The van der Waals surface area contributed by atoms with Crippen LogP contribution in [-0.2, 0) is 16.0 Å². The number of benzene rings is 3. The minimum absolute atomic E-state index is 0.0357. The van der Waals surface area contributed by atoms with E-state index in [0.717, 1.165) is 41.5 Å². The van der Waals surface area contributed by atoms with Crippen LogP contribution in [0.25, 0.3) is 0 Å². The summed E-state index contributed by atoms with van der Waals surface area (Å²) >= 11 is 1.06. The van der Waals surface area contributed by atoms with E-state index in [2.05, 4.69) is 6.92 Å². The topological polar surface area (TPSA) is 61.8 Å². The van der Waals surface area contributed by atoms with E-state index in [1.165, 1.54) is 19.1 Å². The Kier molecular flexibility index (Phi) is 11.2. The largest absolute Gasteiger partial charge is 0.493 e. The quantitative estimate of drug-likeness (QED) is 0.194. The van der Waals surface area contributed by atoms with Gasteiger partial charge in [0, 0.05) is 19.3 Å². The van der Waals surface area contributed by atoms with Crippen molar-refractivity contribution >= 4 is 22.7 Å². The van der Waals surface area contributed by atoms with Crippen molar-refractivity contribution in [2.75, 3.05) is 13.2 Å². The molecule has 38 heavy (non-hydrogen) atoms. The summed E-state index contributed by atoms with van der Waals surface area (Å²) < 4.78 is 30.9. The van der Waals surface area contributed by atoms with Crippen molar-refractivity contribution in [2.24, 2.45) is 5.92 Å². The zero-order valence-electron chi connectivity index (χ0n) is 22.4. The van der Waals surface area contributed by atoms with Gasteiger partial charge in [0.15, 0.2) is 10.9 Å². The lowest BCUT2D eigenvalue weighted by Crippen LogP contribution is -2.16. The normalized spacial score (nSPS) is 11.7. The zero-order chi connectivity index (χ0) is 27.5. The third-order valence-corrected chi connectivity index (χ3v) is 6.78. The number of ether oxygens (including phenoxy) is 3. The van der Waals surface area contributed by atoms with Crippen LogP contribution in [0.1, 0.15) is 56.9 Å². The smallest absolute Gasteiger partial charge is 0.186 e. The molecule has 0 bridgehead atoms. The highest BCUT2D eigenvalue weighted by Crippen LogP contribution is 2.34. The first kappa shape index (κ1) is 29.2. The third-order valence-electron chi connectivity index (χ3n) is 5.71. The fraction of sp³-hybridized carbons (Fsp3) is 0.355. The monoisotopic (exact) mass is 538 g/mol. The van der Waals surface area contributed by atoms with E-state index in [0.29, 0.717) is 36.9 Å². The van der Waals surface area contributed by atoms with E-state index < -0.39 is 5.25 Å². The molecule has 0 amide bonds. The predicted octanol–water partition coefficient (Wildman–Crippen LogP) is 7.96. The number of hydrogen-bond acceptors (Lipinski definition) is 6. The highest BCUT2D eigenvalue weighted by Gasteiger charge is 2.25. The molecular weight excluding hydrogens is 503 g/mol. The SMILES string of the molecule is CCCc1cc(Oc2ccc(F)cc2)ccc1OCCCOc1ccc(C(SC(C)=O)C(=O)C(C)C)cc1. The van der Waals surface area contributed by atoms with Crippen molar-refractivity contribution in [1.82, 2.24) is 0 Å². The van der Waals surface area contributed by atoms with Crippen LogP contribution in [0, 0.1) is 11.7 Å². The fourth-order valence-corrected chi connectivity index (χ4v) is 4.81. The van der Waals surface area contributed by atoms with Crippen molar-refractivity contribution in [1.29, 1.82) is 0 Å². The lowest BCUT2D eigenvalue weighted by atomic mass is 10.0. The molecule has 0 aliphatic rings. The molecule has 3 rings (SSSR count). The van der Waals surface area contributed by atoms with Gasteiger partial charge in [0.05, 0.1) is 18.5 Å². The first-order valence-electron chi connectivity index (χ1n) is 12.9. The maximum Gasteiger partial charge on any atom is 0.186 e. The average molecular weight is 539 g/mol. The van der Waals surface area contributed by atoms with E-state index in [9.17, 15) is 14.0 Å². The van der Waals surface area contributed by atoms with E-state index in [1.807, 2.05) is 56.3 Å². The van der Waals surface area contributed by atoms with Gasteiger partial charge < -0.3 is 14.2 Å². The maximum atomic E-state index is 13.1. The van der Waals surface area contributed by atoms with Gasteiger partial charge in [0.1, 0.15) is 28.8 Å². The number of carbonyl (C=O) groups is 2. The van der Waals surface area contributed by atoms with Crippen molar-refractivity contribution in [3.05, 3.63) is 83.7 Å². The van der Waals surface area contributed by atoms with Gasteiger partial charge in [-0.05, 0) is 72.1 Å². The summed E-state index contributed by atoms with van der Waals surface area (Å²) in [7, 11) is 0. The third kappa shape index (κ3) is 8.91. The lowest BCUT2D eigenvalue weighted by molar-refractivity contribution is -0.121. The second-order valence-electron chi connectivity index (χ2n) is 9.24. The molecule has 0 saturated carbocycles. The molecule has 0 fully saturated rings. The summed E-state index contributed by atoms with van der Waals surface area (Å²) in [6, 6.07) is 19.0. The van der Waals surface area contributed by atoms with E-state index in [-0.39, 0.29) is 22.6 Å². The second kappa shape index (κ2) is 14.6. The first-order chi connectivity index (χ1) is 18.3. The zero-order valence-corrected chi connectivity index (χ0v) is 23.2. The summed E-state index contributed by atoms with van der Waals surface area (Å²) in [4.78, 5) is 24.2. The molecule has 5 nitrogen and oxygen atoms in total. The molecule has 1 atom stereocenters. The summed E-state index contributed by atoms with van der Waals surface area (Å²) in [5.74, 6) is 2.35. The van der Waals surface area contributed by atoms with E-state index >= 15 is 0 Å². The molecule has 7 heteroatoms. The Morgan fingerprint density at radius 3 is 2.13 bits per heavy atom. The summed E-state index contributed by atoms with van der Waals surface area (Å²) in [5.41, 5.74) is 1.85. The Balaban J connectivity index is 1.50. The van der Waals surface area contributed by atoms with E-state index in [1.54, 1.807) is 12.1 Å². The van der Waals surface area contributed by atoms with Crippen LogP contribution in [0.15, 0.2) is 66.7 Å². The molecule has 0 aliphatic heterocycles. The molecule has 1 unspecified atom stereocenters. The van der Waals surface area contributed by atoms with Gasteiger partial charge in [-0.1, -0.05) is 51.1 Å². The van der Waals surface area contributed by atoms with Gasteiger partial charge in [-0.15, -0.1) is 0 Å². The number of ketones is 1. The Hall–Kier alpha value is -3.32. The number of hydrogen-bond donors (Lipinski definition) is 0. The number of thioether (sulfide) groups is 1. The first-order valence-corrected chi connectivity index (χ1v) is 13.8. The standard InChI is InChI=1S/C31H35FO5S/c1-5-7-24-20-28(37-27-14-10-25(32)11-15-27)16-17-29(24)36-19-6-18-35-26-12-8-23(9-13-26)31(38-22(4)33)30(34)21(2)3/h8-17,20-21,31H,5-7,18-19H2,1-4H3. The lowest BCUT2D eigenvalue weighted by Gasteiger charge is -2.17. The predicted molar refractivity (Wildman–Crippen MR) is 150 cm³/mol. The highest BCUT2D eigenvalue weighted by atomic mass is 32.2. The molecule has 0 aliphatic carbocycles. The molecule has 0 aromatic heterocycles. The van der Waals surface area contributed by atoms with Crippen LogP contribution in [0.2, 0.25) is 0 Å². The average Bonchev–Trinajstić information content (AvgIpc) is 2.89. The second-order valence-corrected chi connectivity index (χ2v) is 10.5. The van der Waals surface area contributed by atoms with Crippen LogP contribution >= 0.6 is 11.8 Å². The summed E-state index contributed by atoms with van der Waals surface area (Å²) in [5, 5.41) is -0.582. The molecular formula is C31H35FO5S. The van der Waals surface area contributed by atoms with Crippen LogP contribution < -0.4 is 14.2 Å². The minimum atomic E-state index is -0.500. The van der Waals surface area contributed by atoms with Crippen molar-refractivity contribution in [3.63, 3.8) is 0 Å². The molecule has 3 aromatic rings. The molecule has 0 radical (unpaired) electrons. The van der Waals surface area contributed by atoms with Crippen molar-refractivity contribution in [2.45, 2.75) is 52.2 Å². The summed E-state index contributed by atoms with van der Waals surface area (Å²) in [6.07, 6.45) is 2.50. The Morgan fingerprint density at radius 1 is 0.868 bits per heavy atom. The summed E-state index contributed by atoms with van der Waals surface area (Å²) in [6.45, 7) is 8.24. The van der Waals surface area contributed by atoms with Crippen molar-refractivity contribution in [3.8, 4) is 23.0 Å². The van der Waals surface area contributed by atoms with Gasteiger partial charge in [-0.3, -0.25) is 9.59 Å². The van der Waals surface area contributed by atoms with Gasteiger partial charge in [-0.2, -0.15) is 0 Å². The number of aryl methyl sites for hydroxylation is 1. The minimum Gasteiger partial charge on any atom is -0.493 e. The van der Waals surface area contributed by atoms with Gasteiger partial charge in [0.25, 0.3) is 0 Å². The molecule has 0 saturated heterocycles. The Bertz CT molecular complexity index is 1190. The van der Waals surface area contributed by atoms with Gasteiger partial charge >= 0.3 is 0 Å². The maximum absolute atomic E-state index is 13.1. The van der Waals surface area contributed by atoms with Crippen molar-refractivity contribution < 1.29 is 28.2 Å². The Morgan fingerprint density at radius 2 is 1.50 bits per heavy atom. The van der Waals surface area contributed by atoms with Gasteiger partial charge in [-0.25, -0.2) is 4.39 Å². The highest BCUT2D eigenvalue weighted by molar-refractivity contribution is 8.14. The van der Waals surface area contributed by atoms with Crippen LogP contribution in [0.5, 0.6) is 23.0 Å². The Labute approximate surface area is 228 Å². The molecule has 0 spiro atoms. The molecule has 3 aromatic carbocycles. The van der Waals surface area contributed by atoms with Crippen LogP contribution in [0.3, 0.4) is 0 Å². The molecule has 0 N–H and O–H groups in total. The number of halogens is 1. The van der Waals surface area contributed by atoms with Crippen LogP contribution in [-0.4, -0.2) is 24.1 Å². The van der Waals surface area contributed by atoms with Gasteiger partial charge in [0.2, 0.25) is 0 Å².